The van der Waals surface area contributed by atoms with Gasteiger partial charge in [-0.05, 0) is 54.5 Å². The van der Waals surface area contributed by atoms with Crippen LogP contribution in [0.15, 0.2) is 54.9 Å². The molecular formula is C42H64ClFN4. The van der Waals surface area contributed by atoms with Gasteiger partial charge >= 0.3 is 0 Å². The molecule has 0 bridgehead atoms. The maximum absolute atomic E-state index is 13.8. The fourth-order valence-electron chi connectivity index (χ4n) is 5.76. The number of halogens is 2. The van der Waals surface area contributed by atoms with Gasteiger partial charge in [0.05, 0.1) is 0 Å². The average Bonchev–Trinajstić information content (AvgIpc) is 3.50. The molecule has 0 radical (unpaired) electrons. The predicted octanol–water partition coefficient (Wildman–Crippen LogP) is 14.5. The van der Waals surface area contributed by atoms with E-state index in [1.807, 2.05) is 20.0 Å². The highest BCUT2D eigenvalue weighted by Crippen LogP contribution is 2.37. The number of anilines is 2. The molecule has 1 aliphatic rings. The normalized spacial score (nSPS) is 13.4. The van der Waals surface area contributed by atoms with Gasteiger partial charge in [-0.1, -0.05) is 162 Å². The minimum atomic E-state index is -0.399. The van der Waals surface area contributed by atoms with Gasteiger partial charge in [0, 0.05) is 40.1 Å². The molecule has 0 spiro atoms. The summed E-state index contributed by atoms with van der Waals surface area (Å²) < 4.78 is 16.1. The summed E-state index contributed by atoms with van der Waals surface area (Å²) in [5.74, 6) is 0.989. The van der Waals surface area contributed by atoms with E-state index < -0.39 is 5.82 Å². The Balaban J connectivity index is 0.000000421. The van der Waals surface area contributed by atoms with E-state index in [2.05, 4.69) is 86.9 Å². The lowest BCUT2D eigenvalue weighted by molar-refractivity contribution is 0.360. The maximum atomic E-state index is 13.8. The van der Waals surface area contributed by atoms with Crippen molar-refractivity contribution in [2.24, 2.45) is 5.92 Å². The van der Waals surface area contributed by atoms with Crippen LogP contribution in [0.4, 0.5) is 16.0 Å². The number of aryl methyl sites for hydroxylation is 1. The van der Waals surface area contributed by atoms with E-state index in [9.17, 15) is 4.39 Å². The number of aromatic nitrogens is 3. The van der Waals surface area contributed by atoms with E-state index in [-0.39, 0.29) is 0 Å². The highest BCUT2D eigenvalue weighted by atomic mass is 35.5. The molecule has 1 saturated carbocycles. The average molecular weight is 679 g/mol. The number of nitrogens with zero attached hydrogens (tertiary/aromatic N) is 3. The van der Waals surface area contributed by atoms with Crippen molar-refractivity contribution in [2.45, 2.75) is 151 Å². The van der Waals surface area contributed by atoms with E-state index in [1.165, 1.54) is 93.9 Å². The first-order valence-electron chi connectivity index (χ1n) is 19.0. The van der Waals surface area contributed by atoms with Crippen LogP contribution in [-0.4, -0.2) is 14.5 Å². The molecule has 0 amide bonds. The van der Waals surface area contributed by atoms with Crippen molar-refractivity contribution in [3.63, 3.8) is 0 Å². The third-order valence-electron chi connectivity index (χ3n) is 9.08. The molecule has 4 aromatic rings. The lowest BCUT2D eigenvalue weighted by Gasteiger charge is -2.23. The molecule has 1 aliphatic carbocycles. The van der Waals surface area contributed by atoms with Gasteiger partial charge in [-0.25, -0.2) is 9.37 Å². The second-order valence-electron chi connectivity index (χ2n) is 12.9. The van der Waals surface area contributed by atoms with Gasteiger partial charge in [0.2, 0.25) is 5.95 Å². The van der Waals surface area contributed by atoms with Crippen LogP contribution in [0.25, 0.3) is 22.2 Å². The summed E-state index contributed by atoms with van der Waals surface area (Å²) in [4.78, 5) is 9.40. The summed E-state index contributed by atoms with van der Waals surface area (Å²) in [7, 11) is 0. The number of unbranched alkanes of at least 4 members (excludes halogenated alkanes) is 4. The lowest BCUT2D eigenvalue weighted by Crippen LogP contribution is -2.12. The molecule has 1 N–H and O–H groups in total. The standard InChI is InChI=1S/C26H26ClFN4.C10H22.C4H10.C2H6/c1-2-17-8-10-18(11-9-17)24-16-32(22-6-4-3-5-7-22)25-23(24)15-29-26(31-25)30-21-13-19(27)12-20(28)14-21;1-4-6-7-8-9-10(3)5-2;1-3-4-2;1-2/h8-16,22H,2-7H2,1H3,(H,29,30,31);10H,4-9H2,1-3H3;3-4H2,1-2H3;1-2H3. The third-order valence-corrected chi connectivity index (χ3v) is 9.30. The van der Waals surface area contributed by atoms with Gasteiger partial charge < -0.3 is 9.88 Å². The van der Waals surface area contributed by atoms with Crippen molar-refractivity contribution in [2.75, 3.05) is 5.32 Å². The van der Waals surface area contributed by atoms with E-state index >= 15 is 0 Å². The second-order valence-corrected chi connectivity index (χ2v) is 13.3. The van der Waals surface area contributed by atoms with Gasteiger partial charge in [0.25, 0.3) is 0 Å². The van der Waals surface area contributed by atoms with Crippen molar-refractivity contribution in [3.05, 3.63) is 71.3 Å². The summed E-state index contributed by atoms with van der Waals surface area (Å²) in [6.07, 6.45) is 22.3. The molecule has 48 heavy (non-hydrogen) atoms. The molecule has 2 aromatic heterocycles. The molecular weight excluding hydrogens is 615 g/mol. The van der Waals surface area contributed by atoms with Crippen molar-refractivity contribution in [1.82, 2.24) is 14.5 Å². The summed E-state index contributed by atoms with van der Waals surface area (Å²) >= 11 is 6.01. The van der Waals surface area contributed by atoms with Crippen molar-refractivity contribution in [1.29, 1.82) is 0 Å². The number of hydrogen-bond donors (Lipinski definition) is 1. The molecule has 0 aliphatic heterocycles. The SMILES string of the molecule is CC.CCCC.CCCCCCC(C)CC.CCc1ccc(-c2cn(C3CCCCC3)c3nc(Nc4cc(F)cc(Cl)c4)ncc23)cc1. The molecule has 0 saturated heterocycles. The van der Waals surface area contributed by atoms with Gasteiger partial charge in [0.15, 0.2) is 0 Å². The molecule has 266 valence electrons. The molecule has 4 nitrogen and oxygen atoms in total. The van der Waals surface area contributed by atoms with Crippen LogP contribution in [0.5, 0.6) is 0 Å². The molecule has 2 heterocycles. The summed E-state index contributed by atoms with van der Waals surface area (Å²) in [6, 6.07) is 13.5. The Labute approximate surface area is 297 Å². The molecule has 2 aromatic carbocycles. The van der Waals surface area contributed by atoms with Crippen molar-refractivity contribution >= 4 is 34.3 Å². The first-order valence-corrected chi connectivity index (χ1v) is 19.4. The summed E-state index contributed by atoms with van der Waals surface area (Å²) in [6.45, 7) is 17.4. The number of rotatable bonds is 12. The highest BCUT2D eigenvalue weighted by Gasteiger charge is 2.21. The highest BCUT2D eigenvalue weighted by molar-refractivity contribution is 6.30. The van der Waals surface area contributed by atoms with Gasteiger partial charge in [0.1, 0.15) is 11.5 Å². The molecule has 6 heteroatoms. The van der Waals surface area contributed by atoms with Gasteiger partial charge in [-0.3, -0.25) is 0 Å². The topological polar surface area (TPSA) is 42.7 Å². The van der Waals surface area contributed by atoms with Crippen LogP contribution in [0.2, 0.25) is 5.02 Å². The maximum Gasteiger partial charge on any atom is 0.229 e. The van der Waals surface area contributed by atoms with Crippen LogP contribution in [0.1, 0.15) is 150 Å². The largest absolute Gasteiger partial charge is 0.329 e. The Hall–Kier alpha value is -2.92. The fourth-order valence-corrected chi connectivity index (χ4v) is 5.98. The van der Waals surface area contributed by atoms with Gasteiger partial charge in [-0.2, -0.15) is 4.98 Å². The van der Waals surface area contributed by atoms with Crippen molar-refractivity contribution in [3.8, 4) is 11.1 Å². The van der Waals surface area contributed by atoms with E-state index in [4.69, 9.17) is 16.6 Å². The summed E-state index contributed by atoms with van der Waals surface area (Å²) in [5, 5.41) is 4.47. The summed E-state index contributed by atoms with van der Waals surface area (Å²) in [5.41, 5.74) is 5.07. The van der Waals surface area contributed by atoms with Crippen LogP contribution in [0.3, 0.4) is 0 Å². The van der Waals surface area contributed by atoms with Crippen LogP contribution < -0.4 is 5.32 Å². The number of fused-ring (bicyclic) bond motifs is 1. The Kier molecular flexibility index (Phi) is 20.1. The predicted molar refractivity (Wildman–Crippen MR) is 209 cm³/mol. The zero-order valence-corrected chi connectivity index (χ0v) is 32.1. The van der Waals surface area contributed by atoms with E-state index in [0.717, 1.165) is 41.8 Å². The first kappa shape index (κ1) is 41.3. The molecule has 1 atom stereocenters. The van der Waals surface area contributed by atoms with Crippen molar-refractivity contribution < 1.29 is 4.39 Å². The van der Waals surface area contributed by atoms with Crippen LogP contribution in [-0.2, 0) is 6.42 Å². The quantitative estimate of drug-likeness (QED) is 0.152. The lowest BCUT2D eigenvalue weighted by atomic mass is 9.95. The first-order chi connectivity index (χ1) is 23.3. The minimum Gasteiger partial charge on any atom is -0.329 e. The molecule has 1 fully saturated rings. The van der Waals surface area contributed by atoms with E-state index in [1.54, 1.807) is 6.07 Å². The number of benzene rings is 2. The zero-order valence-electron chi connectivity index (χ0n) is 31.3. The van der Waals surface area contributed by atoms with Crippen LogP contribution >= 0.6 is 11.6 Å². The Morgan fingerprint density at radius 1 is 0.896 bits per heavy atom. The molecule has 1 unspecified atom stereocenters. The number of nitrogens with one attached hydrogen (secondary N) is 1. The minimum absolute atomic E-state index is 0.331. The Bertz CT molecular complexity index is 1400. The Morgan fingerprint density at radius 3 is 2.17 bits per heavy atom. The van der Waals surface area contributed by atoms with Crippen LogP contribution in [0, 0.1) is 11.7 Å². The molecule has 5 rings (SSSR count). The Morgan fingerprint density at radius 2 is 1.58 bits per heavy atom. The number of hydrogen-bond acceptors (Lipinski definition) is 3. The smallest absolute Gasteiger partial charge is 0.229 e. The third kappa shape index (κ3) is 13.5. The van der Waals surface area contributed by atoms with E-state index in [0.29, 0.717) is 22.7 Å². The monoisotopic (exact) mass is 678 g/mol. The fraction of sp³-hybridized carbons (Fsp3) is 0.571. The zero-order chi connectivity index (χ0) is 35.3. The van der Waals surface area contributed by atoms with Gasteiger partial charge in [-0.15, -0.1) is 0 Å². The second kappa shape index (κ2) is 23.4.